The summed E-state index contributed by atoms with van der Waals surface area (Å²) in [5.74, 6) is -3.33. The number of rotatable bonds is 6. The van der Waals surface area contributed by atoms with Gasteiger partial charge in [0.05, 0.1) is 17.9 Å². The molecule has 0 heterocycles. The number of hydrogen-bond donors (Lipinski definition) is 0. The van der Waals surface area contributed by atoms with Crippen molar-refractivity contribution in [3.8, 4) is 0 Å². The first-order valence-electron chi connectivity index (χ1n) is 10.6. The summed E-state index contributed by atoms with van der Waals surface area (Å²) in [7, 11) is 0. The summed E-state index contributed by atoms with van der Waals surface area (Å²) in [4.78, 5) is 31.1. The Hall–Kier alpha value is -3.06. The number of carbonyl (C=O) groups excluding carboxylic acids is 3. The molecule has 0 aliphatic heterocycles. The molecule has 0 fully saturated rings. The van der Waals surface area contributed by atoms with E-state index in [9.17, 15) is 29.7 Å². The first-order valence-corrected chi connectivity index (χ1v) is 10.6. The van der Waals surface area contributed by atoms with Crippen molar-refractivity contribution in [2.24, 2.45) is 0 Å². The molecule has 6 nitrogen and oxygen atoms in total. The van der Waals surface area contributed by atoms with Crippen molar-refractivity contribution in [1.82, 2.24) is 0 Å². The molecule has 0 N–H and O–H groups in total. The number of aromatic carboxylic acids is 3. The summed E-state index contributed by atoms with van der Waals surface area (Å²) in [6, 6.07) is 20.4. The Bertz CT molecular complexity index is 941. The van der Waals surface area contributed by atoms with Crippen LogP contribution in [0, 0.1) is 0 Å². The molecule has 174 valence electrons. The average Bonchev–Trinajstić information content (AvgIpc) is 2.84. The van der Waals surface area contributed by atoms with Crippen LogP contribution in [0.2, 0.25) is 0 Å². The van der Waals surface area contributed by atoms with E-state index in [1.165, 1.54) is 18.2 Å². The first-order chi connectivity index (χ1) is 15.7. The van der Waals surface area contributed by atoms with Gasteiger partial charge in [-0.1, -0.05) is 75.4 Å². The quantitative estimate of drug-likeness (QED) is 0.449. The first kappa shape index (κ1) is 30.9. The van der Waals surface area contributed by atoms with Crippen LogP contribution in [0.25, 0.3) is 0 Å². The van der Waals surface area contributed by atoms with Gasteiger partial charge in [-0.2, -0.15) is 0 Å². The monoisotopic (exact) mass is 562 g/mol. The van der Waals surface area contributed by atoms with Crippen molar-refractivity contribution < 1.29 is 29.7 Å². The molecule has 0 aliphatic rings. The fourth-order valence-corrected chi connectivity index (χ4v) is 2.75. The molecule has 0 spiro atoms. The van der Waals surface area contributed by atoms with E-state index in [1.807, 2.05) is 39.0 Å². The number of carbonyl (C=O) groups is 3. The zero-order valence-corrected chi connectivity index (χ0v) is 22.9. The Labute approximate surface area is 219 Å². The Kier molecular flexibility index (Phi) is 15.0. The van der Waals surface area contributed by atoms with Crippen LogP contribution in [0.4, 0.5) is 0 Å². The fourth-order valence-electron chi connectivity index (χ4n) is 2.75. The van der Waals surface area contributed by atoms with Crippen LogP contribution in [0.1, 0.15) is 68.5 Å². The molecule has 0 aromatic heterocycles. The zero-order chi connectivity index (χ0) is 24.8. The maximum atomic E-state index is 10.4. The summed E-state index contributed by atoms with van der Waals surface area (Å²) in [5, 5.41) is 31.1. The second-order valence-corrected chi connectivity index (χ2v) is 7.02. The molecular formula is C27H27InO6. The number of aryl methyl sites for hydroxylation is 3. The van der Waals surface area contributed by atoms with Gasteiger partial charge in [0.2, 0.25) is 0 Å². The minimum Gasteiger partial charge on any atom is -0.545 e. The van der Waals surface area contributed by atoms with E-state index in [2.05, 4.69) is 0 Å². The molecule has 0 amide bonds. The van der Waals surface area contributed by atoms with Crippen LogP contribution in [0.5, 0.6) is 0 Å². The second-order valence-electron chi connectivity index (χ2n) is 7.02. The third-order valence-electron chi connectivity index (χ3n) is 4.71. The number of carboxylic acids is 3. The molecule has 0 atom stereocenters. The van der Waals surface area contributed by atoms with E-state index in [4.69, 9.17) is 0 Å². The molecule has 0 bridgehead atoms. The molecule has 3 aromatic carbocycles. The Balaban J connectivity index is 0.000000473. The molecular weight excluding hydrogens is 535 g/mol. The SMILES string of the molecule is CCc1cccc(C(=O)[O-])c1.CCc1cccc(C(=O)[O-])c1.CCc1cccc(C(=O)[O-])c1.[In+3]. The van der Waals surface area contributed by atoms with Crippen molar-refractivity contribution in [2.45, 2.75) is 40.0 Å². The smallest absolute Gasteiger partial charge is 0.545 e. The fraction of sp³-hybridized carbons (Fsp3) is 0.222. The molecule has 0 unspecified atom stereocenters. The number of carboxylic acid groups (broad SMARTS) is 3. The van der Waals surface area contributed by atoms with Crippen LogP contribution in [-0.2, 0) is 19.3 Å². The average molecular weight is 562 g/mol. The van der Waals surface area contributed by atoms with E-state index < -0.39 is 17.9 Å². The topological polar surface area (TPSA) is 120 Å². The van der Waals surface area contributed by atoms with E-state index >= 15 is 0 Å². The van der Waals surface area contributed by atoms with Crippen LogP contribution in [0.15, 0.2) is 72.8 Å². The van der Waals surface area contributed by atoms with Gasteiger partial charge in [0, 0.05) is 0 Å². The second kappa shape index (κ2) is 16.5. The normalized spacial score (nSPS) is 9.26. The van der Waals surface area contributed by atoms with Gasteiger partial charge in [0.25, 0.3) is 0 Å². The predicted molar refractivity (Wildman–Crippen MR) is 126 cm³/mol. The van der Waals surface area contributed by atoms with Gasteiger partial charge < -0.3 is 29.7 Å². The van der Waals surface area contributed by atoms with Gasteiger partial charge in [-0.15, -0.1) is 0 Å². The molecule has 34 heavy (non-hydrogen) atoms. The minimum absolute atomic E-state index is 0. The van der Waals surface area contributed by atoms with Gasteiger partial charge in [0.1, 0.15) is 0 Å². The van der Waals surface area contributed by atoms with Gasteiger partial charge in [-0.05, 0) is 70.8 Å². The predicted octanol–water partition coefficient (Wildman–Crippen LogP) is 1.46. The third kappa shape index (κ3) is 11.2. The molecule has 3 rings (SSSR count). The summed E-state index contributed by atoms with van der Waals surface area (Å²) < 4.78 is 0. The van der Waals surface area contributed by atoms with E-state index in [0.29, 0.717) is 0 Å². The number of hydrogen-bond acceptors (Lipinski definition) is 6. The van der Waals surface area contributed by atoms with Gasteiger partial charge in [-0.3, -0.25) is 0 Å². The van der Waals surface area contributed by atoms with Crippen molar-refractivity contribution >= 4 is 43.8 Å². The standard InChI is InChI=1S/3C9H10O2.In/c3*1-2-7-4-3-5-8(6-7)9(10)11;/h3*3-6H,2H2,1H3,(H,10,11);/q;;;+3/p-3. The van der Waals surface area contributed by atoms with Crippen LogP contribution in [-0.4, -0.2) is 43.8 Å². The minimum atomic E-state index is -1.11. The largest absolute Gasteiger partial charge is 3.00 e. The maximum absolute atomic E-state index is 10.4. The summed E-state index contributed by atoms with van der Waals surface area (Å²) in [6.07, 6.45) is 2.54. The summed E-state index contributed by atoms with van der Waals surface area (Å²) in [5.41, 5.74) is 3.82. The van der Waals surface area contributed by atoms with Crippen LogP contribution >= 0.6 is 0 Å². The Morgan fingerprint density at radius 2 is 0.765 bits per heavy atom. The van der Waals surface area contributed by atoms with Crippen molar-refractivity contribution in [3.05, 3.63) is 106 Å². The van der Waals surface area contributed by atoms with Gasteiger partial charge in [-0.25, -0.2) is 0 Å². The van der Waals surface area contributed by atoms with Crippen molar-refractivity contribution in [2.75, 3.05) is 0 Å². The summed E-state index contributed by atoms with van der Waals surface area (Å²) >= 11 is 0. The molecule has 0 saturated heterocycles. The molecule has 0 radical (unpaired) electrons. The van der Waals surface area contributed by atoms with Crippen molar-refractivity contribution in [3.63, 3.8) is 0 Å². The zero-order valence-electron chi connectivity index (χ0n) is 19.6. The maximum Gasteiger partial charge on any atom is 3.00 e. The Morgan fingerprint density at radius 3 is 0.941 bits per heavy atom. The van der Waals surface area contributed by atoms with Gasteiger partial charge >= 0.3 is 25.8 Å². The molecule has 0 saturated carbocycles. The van der Waals surface area contributed by atoms with E-state index in [1.54, 1.807) is 36.4 Å². The van der Waals surface area contributed by atoms with E-state index in [0.717, 1.165) is 36.0 Å². The summed E-state index contributed by atoms with van der Waals surface area (Å²) in [6.45, 7) is 5.94. The third-order valence-corrected chi connectivity index (χ3v) is 4.71. The molecule has 7 heteroatoms. The number of benzene rings is 3. The van der Waals surface area contributed by atoms with Gasteiger partial charge in [0.15, 0.2) is 0 Å². The molecule has 3 aromatic rings. The Morgan fingerprint density at radius 1 is 0.529 bits per heavy atom. The molecule has 0 aliphatic carbocycles. The van der Waals surface area contributed by atoms with Crippen LogP contribution < -0.4 is 15.3 Å². The van der Waals surface area contributed by atoms with Crippen molar-refractivity contribution in [1.29, 1.82) is 0 Å². The van der Waals surface area contributed by atoms with Crippen LogP contribution in [0.3, 0.4) is 0 Å². The van der Waals surface area contributed by atoms with E-state index in [-0.39, 0.29) is 42.5 Å².